The summed E-state index contributed by atoms with van der Waals surface area (Å²) in [7, 11) is 3.92. The SMILES string of the molecule is CCCC(=O)N1CCN(C(=O)CCN(CCC)CCC(=O)N2CCN(C(=O)CCN(C)C)CC2)CC1. The van der Waals surface area contributed by atoms with Crippen LogP contribution in [-0.2, 0) is 19.2 Å². The third-order valence-electron chi connectivity index (χ3n) is 7.03. The smallest absolute Gasteiger partial charge is 0.223 e. The topological polar surface area (TPSA) is 87.7 Å². The molecule has 0 aromatic heterocycles. The molecule has 0 aromatic rings. The zero-order valence-corrected chi connectivity index (χ0v) is 23.0. The average Bonchev–Trinajstić information content (AvgIpc) is 2.88. The summed E-state index contributed by atoms with van der Waals surface area (Å²) in [5.74, 6) is 0.583. The Bertz CT molecular complexity index is 715. The van der Waals surface area contributed by atoms with Gasteiger partial charge in [-0.15, -0.1) is 0 Å². The Labute approximate surface area is 217 Å². The first-order chi connectivity index (χ1) is 17.2. The molecule has 0 unspecified atom stereocenters. The maximum atomic E-state index is 12.8. The molecule has 2 rings (SSSR count). The molecule has 0 atom stereocenters. The van der Waals surface area contributed by atoms with Crippen LogP contribution in [0.2, 0.25) is 0 Å². The van der Waals surface area contributed by atoms with Crippen LogP contribution in [0.3, 0.4) is 0 Å². The summed E-state index contributed by atoms with van der Waals surface area (Å²) in [6.45, 7) is 11.8. The highest BCUT2D eigenvalue weighted by molar-refractivity contribution is 5.79. The summed E-state index contributed by atoms with van der Waals surface area (Å²) >= 11 is 0. The molecule has 0 aliphatic carbocycles. The van der Waals surface area contributed by atoms with Crippen LogP contribution in [0.5, 0.6) is 0 Å². The monoisotopic (exact) mass is 508 g/mol. The van der Waals surface area contributed by atoms with Crippen molar-refractivity contribution in [3.63, 3.8) is 0 Å². The third-order valence-corrected chi connectivity index (χ3v) is 7.03. The molecule has 0 saturated carbocycles. The van der Waals surface area contributed by atoms with E-state index in [2.05, 4.69) is 11.8 Å². The van der Waals surface area contributed by atoms with Crippen LogP contribution in [0.1, 0.15) is 52.4 Å². The lowest BCUT2D eigenvalue weighted by Gasteiger charge is -2.36. The molecule has 36 heavy (non-hydrogen) atoms. The van der Waals surface area contributed by atoms with E-state index in [9.17, 15) is 19.2 Å². The molecule has 10 nitrogen and oxygen atoms in total. The van der Waals surface area contributed by atoms with Gasteiger partial charge in [-0.3, -0.25) is 19.2 Å². The Kier molecular flexibility index (Phi) is 13.2. The summed E-state index contributed by atoms with van der Waals surface area (Å²) < 4.78 is 0. The van der Waals surface area contributed by atoms with Crippen molar-refractivity contribution in [3.8, 4) is 0 Å². The minimum Gasteiger partial charge on any atom is -0.339 e. The van der Waals surface area contributed by atoms with E-state index < -0.39 is 0 Å². The zero-order valence-electron chi connectivity index (χ0n) is 23.0. The molecule has 0 radical (unpaired) electrons. The first kappa shape index (κ1) is 30.0. The molecule has 0 aromatic carbocycles. The van der Waals surface area contributed by atoms with Crippen molar-refractivity contribution >= 4 is 23.6 Å². The van der Waals surface area contributed by atoms with E-state index in [1.807, 2.05) is 45.5 Å². The highest BCUT2D eigenvalue weighted by atomic mass is 16.2. The number of hydrogen-bond acceptors (Lipinski definition) is 6. The summed E-state index contributed by atoms with van der Waals surface area (Å²) in [5, 5.41) is 0. The fourth-order valence-electron chi connectivity index (χ4n) is 4.74. The van der Waals surface area contributed by atoms with Gasteiger partial charge in [-0.1, -0.05) is 13.8 Å². The van der Waals surface area contributed by atoms with Crippen LogP contribution in [0.25, 0.3) is 0 Å². The van der Waals surface area contributed by atoms with Crippen LogP contribution in [0, 0.1) is 0 Å². The summed E-state index contributed by atoms with van der Waals surface area (Å²) in [4.78, 5) is 61.6. The number of piperazine rings is 2. The highest BCUT2D eigenvalue weighted by Crippen LogP contribution is 2.09. The van der Waals surface area contributed by atoms with Crippen molar-refractivity contribution in [2.24, 2.45) is 0 Å². The van der Waals surface area contributed by atoms with Crippen LogP contribution < -0.4 is 0 Å². The number of carbonyl (C=O) groups excluding carboxylic acids is 4. The fraction of sp³-hybridized carbons (Fsp3) is 0.846. The van der Waals surface area contributed by atoms with Crippen LogP contribution in [0.15, 0.2) is 0 Å². The predicted molar refractivity (Wildman–Crippen MR) is 140 cm³/mol. The van der Waals surface area contributed by atoms with Crippen LogP contribution in [-0.4, -0.2) is 146 Å². The van der Waals surface area contributed by atoms with Crippen molar-refractivity contribution in [3.05, 3.63) is 0 Å². The molecule has 10 heteroatoms. The highest BCUT2D eigenvalue weighted by Gasteiger charge is 2.26. The normalized spacial score (nSPS) is 16.7. The quantitative estimate of drug-likeness (QED) is 0.362. The summed E-state index contributed by atoms with van der Waals surface area (Å²) in [6, 6.07) is 0. The second-order valence-corrected chi connectivity index (χ2v) is 10.2. The Hall–Kier alpha value is -2.20. The van der Waals surface area contributed by atoms with Crippen LogP contribution in [0.4, 0.5) is 0 Å². The van der Waals surface area contributed by atoms with Gasteiger partial charge in [0, 0.05) is 97.7 Å². The van der Waals surface area contributed by atoms with Gasteiger partial charge in [-0.2, -0.15) is 0 Å². The Morgan fingerprint density at radius 1 is 0.500 bits per heavy atom. The van der Waals surface area contributed by atoms with E-state index in [1.54, 1.807) is 0 Å². The summed E-state index contributed by atoms with van der Waals surface area (Å²) in [5.41, 5.74) is 0. The molecule has 0 bridgehead atoms. The molecule has 2 saturated heterocycles. The van der Waals surface area contributed by atoms with Crippen LogP contribution >= 0.6 is 0 Å². The average molecular weight is 509 g/mol. The molecule has 2 aliphatic rings. The number of amides is 4. The standard InChI is InChI=1S/C26H48N6O4/c1-5-7-23(33)29-15-17-31(18-16-29)25(35)9-13-28(11-6-2)14-10-26(36)32-21-19-30(20-22-32)24(34)8-12-27(3)4/h5-22H2,1-4H3. The lowest BCUT2D eigenvalue weighted by atomic mass is 10.2. The molecule has 2 heterocycles. The Balaban J connectivity index is 1.69. The van der Waals surface area contributed by atoms with E-state index in [0.29, 0.717) is 91.1 Å². The van der Waals surface area contributed by atoms with Crippen molar-refractivity contribution < 1.29 is 19.2 Å². The van der Waals surface area contributed by atoms with E-state index >= 15 is 0 Å². The number of nitrogens with zero attached hydrogens (tertiary/aromatic N) is 6. The fourth-order valence-corrected chi connectivity index (χ4v) is 4.74. The minimum atomic E-state index is 0.121. The van der Waals surface area contributed by atoms with Gasteiger partial charge in [0.25, 0.3) is 0 Å². The first-order valence-corrected chi connectivity index (χ1v) is 13.7. The van der Waals surface area contributed by atoms with Gasteiger partial charge < -0.3 is 29.4 Å². The van der Waals surface area contributed by atoms with Gasteiger partial charge in [-0.05, 0) is 33.5 Å². The lowest BCUT2D eigenvalue weighted by molar-refractivity contribution is -0.140. The molecular formula is C26H48N6O4. The summed E-state index contributed by atoms with van der Waals surface area (Å²) in [6.07, 6.45) is 3.77. The van der Waals surface area contributed by atoms with E-state index in [-0.39, 0.29) is 23.6 Å². The Morgan fingerprint density at radius 2 is 0.833 bits per heavy atom. The number of rotatable bonds is 13. The van der Waals surface area contributed by atoms with Gasteiger partial charge in [0.2, 0.25) is 23.6 Å². The van der Waals surface area contributed by atoms with Crippen molar-refractivity contribution in [1.29, 1.82) is 0 Å². The molecule has 4 amide bonds. The van der Waals surface area contributed by atoms with E-state index in [0.717, 1.165) is 25.9 Å². The molecule has 2 fully saturated rings. The van der Waals surface area contributed by atoms with E-state index in [4.69, 9.17) is 0 Å². The first-order valence-electron chi connectivity index (χ1n) is 13.7. The zero-order chi connectivity index (χ0) is 26.5. The van der Waals surface area contributed by atoms with Crippen molar-refractivity contribution in [2.45, 2.75) is 52.4 Å². The predicted octanol–water partition coefficient (Wildman–Crippen LogP) is 0.572. The maximum absolute atomic E-state index is 12.8. The van der Waals surface area contributed by atoms with Crippen molar-refractivity contribution in [1.82, 2.24) is 29.4 Å². The molecule has 0 N–H and O–H groups in total. The largest absolute Gasteiger partial charge is 0.339 e. The number of carbonyl (C=O) groups is 4. The van der Waals surface area contributed by atoms with Gasteiger partial charge >= 0.3 is 0 Å². The second kappa shape index (κ2) is 15.8. The van der Waals surface area contributed by atoms with Gasteiger partial charge in [0.15, 0.2) is 0 Å². The molecule has 0 spiro atoms. The van der Waals surface area contributed by atoms with E-state index in [1.165, 1.54) is 0 Å². The molecular weight excluding hydrogens is 460 g/mol. The Morgan fingerprint density at radius 3 is 1.14 bits per heavy atom. The molecule has 206 valence electrons. The number of hydrogen-bond donors (Lipinski definition) is 0. The van der Waals surface area contributed by atoms with Gasteiger partial charge in [-0.25, -0.2) is 0 Å². The second-order valence-electron chi connectivity index (χ2n) is 10.2. The minimum absolute atomic E-state index is 0.121. The maximum Gasteiger partial charge on any atom is 0.223 e. The van der Waals surface area contributed by atoms with Crippen molar-refractivity contribution in [2.75, 3.05) is 92.6 Å². The van der Waals surface area contributed by atoms with Gasteiger partial charge in [0.1, 0.15) is 0 Å². The molecule has 2 aliphatic heterocycles. The third kappa shape index (κ3) is 10.0. The van der Waals surface area contributed by atoms with Gasteiger partial charge in [0.05, 0.1) is 0 Å². The lowest BCUT2D eigenvalue weighted by Crippen LogP contribution is -2.51.